The summed E-state index contributed by atoms with van der Waals surface area (Å²) in [6.07, 6.45) is 5.08. The van der Waals surface area contributed by atoms with Gasteiger partial charge < -0.3 is 10.2 Å². The van der Waals surface area contributed by atoms with Gasteiger partial charge in [-0.25, -0.2) is 0 Å². The van der Waals surface area contributed by atoms with E-state index in [0.29, 0.717) is 24.7 Å². The Morgan fingerprint density at radius 3 is 2.11 bits per heavy atom. The summed E-state index contributed by atoms with van der Waals surface area (Å²) >= 11 is 0. The van der Waals surface area contributed by atoms with Crippen molar-refractivity contribution < 1.29 is 4.79 Å². The van der Waals surface area contributed by atoms with E-state index >= 15 is 0 Å². The maximum Gasteiger partial charge on any atom is 0.236 e. The van der Waals surface area contributed by atoms with Crippen LogP contribution in [0.25, 0.3) is 0 Å². The predicted octanol–water partition coefficient (Wildman–Crippen LogP) is 1.46. The SMILES string of the molecule is CCN(CC)C(=O)CN(CC)C1CC2CCC(C1)N2. The van der Waals surface area contributed by atoms with Crippen LogP contribution in [-0.2, 0) is 4.79 Å². The first-order valence-corrected chi connectivity index (χ1v) is 7.95. The number of piperidine rings is 1. The molecule has 2 heterocycles. The van der Waals surface area contributed by atoms with Crippen molar-refractivity contribution in [1.29, 1.82) is 0 Å². The highest BCUT2D eigenvalue weighted by molar-refractivity contribution is 5.78. The van der Waals surface area contributed by atoms with Crippen molar-refractivity contribution in [3.8, 4) is 0 Å². The molecular weight excluding hydrogens is 238 g/mol. The summed E-state index contributed by atoms with van der Waals surface area (Å²) in [5.41, 5.74) is 0. The van der Waals surface area contributed by atoms with E-state index in [4.69, 9.17) is 0 Å². The summed E-state index contributed by atoms with van der Waals surface area (Å²) in [5, 5.41) is 3.68. The Morgan fingerprint density at radius 1 is 1.05 bits per heavy atom. The molecule has 2 unspecified atom stereocenters. The summed E-state index contributed by atoms with van der Waals surface area (Å²) in [6.45, 7) is 9.53. The number of nitrogens with one attached hydrogen (secondary N) is 1. The van der Waals surface area contributed by atoms with Crippen LogP contribution in [0.3, 0.4) is 0 Å². The van der Waals surface area contributed by atoms with Crippen molar-refractivity contribution in [2.75, 3.05) is 26.2 Å². The molecule has 0 aromatic rings. The molecule has 4 nitrogen and oxygen atoms in total. The molecule has 2 aliphatic heterocycles. The summed E-state index contributed by atoms with van der Waals surface area (Å²) in [5.74, 6) is 0.290. The van der Waals surface area contributed by atoms with E-state index in [9.17, 15) is 4.79 Å². The zero-order chi connectivity index (χ0) is 13.8. The van der Waals surface area contributed by atoms with Crippen LogP contribution in [0.2, 0.25) is 0 Å². The minimum absolute atomic E-state index is 0.290. The van der Waals surface area contributed by atoms with Gasteiger partial charge in [-0.1, -0.05) is 6.92 Å². The van der Waals surface area contributed by atoms with Gasteiger partial charge >= 0.3 is 0 Å². The molecule has 1 N–H and O–H groups in total. The molecule has 0 aromatic heterocycles. The van der Waals surface area contributed by atoms with Gasteiger partial charge in [0.15, 0.2) is 0 Å². The van der Waals surface area contributed by atoms with Gasteiger partial charge in [-0.05, 0) is 46.1 Å². The topological polar surface area (TPSA) is 35.6 Å². The van der Waals surface area contributed by atoms with E-state index in [1.54, 1.807) is 0 Å². The summed E-state index contributed by atoms with van der Waals surface area (Å²) in [7, 11) is 0. The fourth-order valence-electron chi connectivity index (χ4n) is 3.67. The average molecular weight is 267 g/mol. The van der Waals surface area contributed by atoms with E-state index in [1.165, 1.54) is 25.7 Å². The molecule has 0 spiro atoms. The summed E-state index contributed by atoms with van der Waals surface area (Å²) in [6, 6.07) is 1.99. The molecule has 2 rings (SSSR count). The second kappa shape index (κ2) is 6.71. The fraction of sp³-hybridized carbons (Fsp3) is 0.933. The fourth-order valence-corrected chi connectivity index (χ4v) is 3.67. The number of carbonyl (C=O) groups is 1. The highest BCUT2D eigenvalue weighted by Gasteiger charge is 2.36. The number of rotatable bonds is 6. The van der Waals surface area contributed by atoms with Gasteiger partial charge in [0.25, 0.3) is 0 Å². The summed E-state index contributed by atoms with van der Waals surface area (Å²) in [4.78, 5) is 16.6. The molecule has 2 bridgehead atoms. The Kier molecular flexibility index (Phi) is 5.22. The van der Waals surface area contributed by atoms with Crippen LogP contribution in [0.1, 0.15) is 46.5 Å². The van der Waals surface area contributed by atoms with Gasteiger partial charge in [0.2, 0.25) is 5.91 Å². The number of carbonyl (C=O) groups excluding carboxylic acids is 1. The lowest BCUT2D eigenvalue weighted by Crippen LogP contribution is -2.51. The molecule has 2 fully saturated rings. The van der Waals surface area contributed by atoms with E-state index in [-0.39, 0.29) is 5.91 Å². The largest absolute Gasteiger partial charge is 0.342 e. The first-order chi connectivity index (χ1) is 9.17. The number of hydrogen-bond acceptors (Lipinski definition) is 3. The molecular formula is C15H29N3O. The van der Waals surface area contributed by atoms with E-state index < -0.39 is 0 Å². The highest BCUT2D eigenvalue weighted by atomic mass is 16.2. The van der Waals surface area contributed by atoms with Crippen molar-refractivity contribution >= 4 is 5.91 Å². The number of amides is 1. The van der Waals surface area contributed by atoms with Gasteiger partial charge in [-0.2, -0.15) is 0 Å². The van der Waals surface area contributed by atoms with Crippen molar-refractivity contribution in [3.05, 3.63) is 0 Å². The number of hydrogen-bond donors (Lipinski definition) is 1. The van der Waals surface area contributed by atoms with E-state index in [0.717, 1.165) is 19.6 Å². The quantitative estimate of drug-likeness (QED) is 0.791. The number of likely N-dealkylation sites (N-methyl/N-ethyl adjacent to an activating group) is 2. The van der Waals surface area contributed by atoms with Gasteiger partial charge in [0.1, 0.15) is 0 Å². The zero-order valence-corrected chi connectivity index (χ0v) is 12.7. The minimum Gasteiger partial charge on any atom is -0.342 e. The third-order valence-electron chi connectivity index (χ3n) is 4.83. The van der Waals surface area contributed by atoms with Crippen LogP contribution in [0.5, 0.6) is 0 Å². The molecule has 2 atom stereocenters. The normalized spacial score (nSPS) is 29.8. The lowest BCUT2D eigenvalue weighted by atomic mass is 9.98. The molecule has 110 valence electrons. The third-order valence-corrected chi connectivity index (χ3v) is 4.83. The maximum absolute atomic E-state index is 12.3. The van der Waals surface area contributed by atoms with Crippen molar-refractivity contribution in [2.45, 2.75) is 64.6 Å². The highest BCUT2D eigenvalue weighted by Crippen LogP contribution is 2.29. The van der Waals surface area contributed by atoms with Crippen LogP contribution >= 0.6 is 0 Å². The predicted molar refractivity (Wildman–Crippen MR) is 78.1 cm³/mol. The maximum atomic E-state index is 12.3. The zero-order valence-electron chi connectivity index (χ0n) is 12.7. The molecule has 0 radical (unpaired) electrons. The monoisotopic (exact) mass is 267 g/mol. The smallest absolute Gasteiger partial charge is 0.236 e. The lowest BCUT2D eigenvalue weighted by Gasteiger charge is -2.37. The average Bonchev–Trinajstić information content (AvgIpc) is 2.76. The Bertz CT molecular complexity index is 292. The Hall–Kier alpha value is -0.610. The van der Waals surface area contributed by atoms with Crippen molar-refractivity contribution in [1.82, 2.24) is 15.1 Å². The molecule has 2 saturated heterocycles. The first-order valence-electron chi connectivity index (χ1n) is 7.95. The Labute approximate surface area is 117 Å². The van der Waals surface area contributed by atoms with Crippen LogP contribution in [0, 0.1) is 0 Å². The van der Waals surface area contributed by atoms with E-state index in [1.807, 2.05) is 4.90 Å². The molecule has 0 saturated carbocycles. The Morgan fingerprint density at radius 2 is 1.63 bits per heavy atom. The molecule has 1 amide bonds. The standard InChI is InChI=1S/C15H29N3O/c1-4-17(5-2)15(19)11-18(6-3)14-9-12-7-8-13(10-14)16-12/h12-14,16H,4-11H2,1-3H3. The molecule has 0 aromatic carbocycles. The van der Waals surface area contributed by atoms with Crippen LogP contribution in [-0.4, -0.2) is 60.0 Å². The van der Waals surface area contributed by atoms with Crippen molar-refractivity contribution in [3.63, 3.8) is 0 Å². The van der Waals surface area contributed by atoms with Gasteiger partial charge in [0.05, 0.1) is 6.54 Å². The first kappa shape index (κ1) is 14.8. The summed E-state index contributed by atoms with van der Waals surface area (Å²) < 4.78 is 0. The van der Waals surface area contributed by atoms with Gasteiger partial charge in [-0.15, -0.1) is 0 Å². The van der Waals surface area contributed by atoms with Crippen molar-refractivity contribution in [2.24, 2.45) is 0 Å². The molecule has 19 heavy (non-hydrogen) atoms. The lowest BCUT2D eigenvalue weighted by molar-refractivity contribution is -0.132. The number of nitrogens with zero attached hydrogens (tertiary/aromatic N) is 2. The second-order valence-corrected chi connectivity index (χ2v) is 5.89. The van der Waals surface area contributed by atoms with Gasteiger partial charge in [-0.3, -0.25) is 9.69 Å². The van der Waals surface area contributed by atoms with Crippen LogP contribution in [0.15, 0.2) is 0 Å². The van der Waals surface area contributed by atoms with E-state index in [2.05, 4.69) is 31.0 Å². The van der Waals surface area contributed by atoms with Crippen LogP contribution in [0.4, 0.5) is 0 Å². The molecule has 2 aliphatic rings. The third kappa shape index (κ3) is 3.48. The molecule has 0 aliphatic carbocycles. The number of fused-ring (bicyclic) bond motifs is 2. The second-order valence-electron chi connectivity index (χ2n) is 5.89. The minimum atomic E-state index is 0.290. The van der Waals surface area contributed by atoms with Gasteiger partial charge in [0, 0.05) is 31.2 Å². The Balaban J connectivity index is 1.91. The molecule has 4 heteroatoms. The van der Waals surface area contributed by atoms with Crippen LogP contribution < -0.4 is 5.32 Å².